The molecule has 0 amide bonds. The average Bonchev–Trinajstić information content (AvgIpc) is 2.30. The molecule has 0 saturated heterocycles. The molecule has 0 aliphatic carbocycles. The summed E-state index contributed by atoms with van der Waals surface area (Å²) in [4.78, 5) is 0. The third kappa shape index (κ3) is 1.94. The van der Waals surface area contributed by atoms with E-state index in [0.717, 1.165) is 5.69 Å². The lowest BCUT2D eigenvalue weighted by Crippen LogP contribution is -1.91. The standard InChI is InChI=1S/C15H17N/c1-11-6-4-5-7-14(11)15-9-8-13(16-3)10-12(15)2/h4-10,16H,1-3H3. The van der Waals surface area contributed by atoms with E-state index in [9.17, 15) is 0 Å². The summed E-state index contributed by atoms with van der Waals surface area (Å²) in [5.74, 6) is 0. The summed E-state index contributed by atoms with van der Waals surface area (Å²) in [6.45, 7) is 4.31. The highest BCUT2D eigenvalue weighted by Gasteiger charge is 2.04. The van der Waals surface area contributed by atoms with Gasteiger partial charge in [-0.3, -0.25) is 0 Å². The van der Waals surface area contributed by atoms with Crippen LogP contribution >= 0.6 is 0 Å². The van der Waals surface area contributed by atoms with Gasteiger partial charge in [0, 0.05) is 12.7 Å². The zero-order valence-electron chi connectivity index (χ0n) is 10.0. The molecule has 82 valence electrons. The van der Waals surface area contributed by atoms with Crippen LogP contribution in [0, 0.1) is 13.8 Å². The fourth-order valence-corrected chi connectivity index (χ4v) is 2.00. The van der Waals surface area contributed by atoms with Gasteiger partial charge in [0.1, 0.15) is 0 Å². The first-order chi connectivity index (χ1) is 7.72. The van der Waals surface area contributed by atoms with Gasteiger partial charge in [-0.25, -0.2) is 0 Å². The molecule has 2 rings (SSSR count). The van der Waals surface area contributed by atoms with E-state index in [2.05, 4.69) is 61.6 Å². The lowest BCUT2D eigenvalue weighted by Gasteiger charge is -2.10. The molecule has 0 bridgehead atoms. The molecular weight excluding hydrogens is 194 g/mol. The van der Waals surface area contributed by atoms with Gasteiger partial charge in [0.05, 0.1) is 0 Å². The normalized spacial score (nSPS) is 10.2. The van der Waals surface area contributed by atoms with Crippen LogP contribution in [0.15, 0.2) is 42.5 Å². The monoisotopic (exact) mass is 211 g/mol. The number of benzene rings is 2. The van der Waals surface area contributed by atoms with Crippen LogP contribution in [-0.4, -0.2) is 7.05 Å². The van der Waals surface area contributed by atoms with E-state index in [4.69, 9.17) is 0 Å². The SMILES string of the molecule is CNc1ccc(-c2ccccc2C)c(C)c1. The van der Waals surface area contributed by atoms with E-state index in [0.29, 0.717) is 0 Å². The number of aryl methyl sites for hydroxylation is 2. The molecule has 0 aliphatic rings. The summed E-state index contributed by atoms with van der Waals surface area (Å²) in [5, 5.41) is 3.16. The van der Waals surface area contributed by atoms with Crippen molar-refractivity contribution in [1.82, 2.24) is 0 Å². The maximum absolute atomic E-state index is 3.16. The number of anilines is 1. The maximum atomic E-state index is 3.16. The second-order valence-corrected chi connectivity index (χ2v) is 4.09. The van der Waals surface area contributed by atoms with Gasteiger partial charge in [-0.2, -0.15) is 0 Å². The maximum Gasteiger partial charge on any atom is 0.0340 e. The Kier molecular flexibility index (Phi) is 2.95. The van der Waals surface area contributed by atoms with Crippen LogP contribution < -0.4 is 5.32 Å². The van der Waals surface area contributed by atoms with E-state index in [1.807, 2.05) is 7.05 Å². The van der Waals surface area contributed by atoms with Crippen molar-refractivity contribution in [3.63, 3.8) is 0 Å². The lowest BCUT2D eigenvalue weighted by molar-refractivity contribution is 1.39. The molecule has 0 fully saturated rings. The fraction of sp³-hybridized carbons (Fsp3) is 0.200. The quantitative estimate of drug-likeness (QED) is 0.791. The second-order valence-electron chi connectivity index (χ2n) is 4.09. The van der Waals surface area contributed by atoms with Crippen LogP contribution in [-0.2, 0) is 0 Å². The number of nitrogens with one attached hydrogen (secondary N) is 1. The zero-order chi connectivity index (χ0) is 11.5. The van der Waals surface area contributed by atoms with E-state index < -0.39 is 0 Å². The lowest BCUT2D eigenvalue weighted by atomic mass is 9.96. The van der Waals surface area contributed by atoms with Gasteiger partial charge in [0.2, 0.25) is 0 Å². The van der Waals surface area contributed by atoms with Crippen molar-refractivity contribution >= 4 is 5.69 Å². The number of hydrogen-bond donors (Lipinski definition) is 1. The van der Waals surface area contributed by atoms with E-state index in [1.165, 1.54) is 22.3 Å². The molecule has 0 aromatic heterocycles. The molecule has 0 aliphatic heterocycles. The van der Waals surface area contributed by atoms with E-state index in [1.54, 1.807) is 0 Å². The van der Waals surface area contributed by atoms with Crippen LogP contribution in [0.1, 0.15) is 11.1 Å². The third-order valence-electron chi connectivity index (χ3n) is 2.95. The number of rotatable bonds is 2. The first kappa shape index (κ1) is 10.7. The molecule has 0 radical (unpaired) electrons. The summed E-state index contributed by atoms with van der Waals surface area (Å²) in [6.07, 6.45) is 0. The van der Waals surface area contributed by atoms with Crippen molar-refractivity contribution in [3.05, 3.63) is 53.6 Å². The first-order valence-electron chi connectivity index (χ1n) is 5.57. The second kappa shape index (κ2) is 4.40. The molecule has 0 spiro atoms. The molecule has 0 saturated carbocycles. The van der Waals surface area contributed by atoms with Gasteiger partial charge >= 0.3 is 0 Å². The van der Waals surface area contributed by atoms with Gasteiger partial charge in [0.25, 0.3) is 0 Å². The minimum Gasteiger partial charge on any atom is -0.388 e. The Bertz CT molecular complexity index is 501. The molecule has 1 heteroatoms. The Hall–Kier alpha value is -1.76. The first-order valence-corrected chi connectivity index (χ1v) is 5.57. The Morgan fingerprint density at radius 3 is 2.12 bits per heavy atom. The minimum atomic E-state index is 1.16. The molecule has 0 heterocycles. The van der Waals surface area contributed by atoms with Crippen molar-refractivity contribution in [2.45, 2.75) is 13.8 Å². The Morgan fingerprint density at radius 1 is 0.812 bits per heavy atom. The van der Waals surface area contributed by atoms with Gasteiger partial charge in [-0.1, -0.05) is 30.3 Å². The van der Waals surface area contributed by atoms with Crippen molar-refractivity contribution in [2.24, 2.45) is 0 Å². The highest BCUT2D eigenvalue weighted by Crippen LogP contribution is 2.28. The predicted molar refractivity (Wildman–Crippen MR) is 70.9 cm³/mol. The Balaban J connectivity index is 2.53. The van der Waals surface area contributed by atoms with Gasteiger partial charge < -0.3 is 5.32 Å². The van der Waals surface area contributed by atoms with Crippen molar-refractivity contribution in [3.8, 4) is 11.1 Å². The molecule has 1 N–H and O–H groups in total. The van der Waals surface area contributed by atoms with E-state index >= 15 is 0 Å². The van der Waals surface area contributed by atoms with Crippen molar-refractivity contribution in [2.75, 3.05) is 12.4 Å². The van der Waals surface area contributed by atoms with Crippen LogP contribution in [0.4, 0.5) is 5.69 Å². The molecule has 2 aromatic rings. The topological polar surface area (TPSA) is 12.0 Å². The van der Waals surface area contributed by atoms with Gasteiger partial charge in [-0.15, -0.1) is 0 Å². The van der Waals surface area contributed by atoms with Gasteiger partial charge in [-0.05, 0) is 48.2 Å². The van der Waals surface area contributed by atoms with Crippen LogP contribution in [0.2, 0.25) is 0 Å². The molecule has 2 aromatic carbocycles. The van der Waals surface area contributed by atoms with Crippen LogP contribution in [0.5, 0.6) is 0 Å². The molecule has 0 unspecified atom stereocenters. The molecule has 16 heavy (non-hydrogen) atoms. The predicted octanol–water partition coefficient (Wildman–Crippen LogP) is 4.01. The summed E-state index contributed by atoms with van der Waals surface area (Å²) in [5.41, 5.74) is 6.43. The molecule has 0 atom stereocenters. The van der Waals surface area contributed by atoms with Crippen LogP contribution in [0.25, 0.3) is 11.1 Å². The summed E-state index contributed by atoms with van der Waals surface area (Å²) >= 11 is 0. The smallest absolute Gasteiger partial charge is 0.0340 e. The van der Waals surface area contributed by atoms with E-state index in [-0.39, 0.29) is 0 Å². The zero-order valence-corrected chi connectivity index (χ0v) is 10.0. The summed E-state index contributed by atoms with van der Waals surface area (Å²) < 4.78 is 0. The van der Waals surface area contributed by atoms with Crippen molar-refractivity contribution in [1.29, 1.82) is 0 Å². The number of hydrogen-bond acceptors (Lipinski definition) is 1. The molecular formula is C15H17N. The summed E-state index contributed by atoms with van der Waals surface area (Å²) in [6, 6.07) is 15.0. The third-order valence-corrected chi connectivity index (χ3v) is 2.95. The van der Waals surface area contributed by atoms with Crippen LogP contribution in [0.3, 0.4) is 0 Å². The minimum absolute atomic E-state index is 1.16. The van der Waals surface area contributed by atoms with Crippen molar-refractivity contribution < 1.29 is 0 Å². The molecule has 1 nitrogen and oxygen atoms in total. The van der Waals surface area contributed by atoms with Gasteiger partial charge in [0.15, 0.2) is 0 Å². The Labute approximate surface area is 97.1 Å². The largest absolute Gasteiger partial charge is 0.388 e. The summed E-state index contributed by atoms with van der Waals surface area (Å²) in [7, 11) is 1.95. The highest BCUT2D eigenvalue weighted by atomic mass is 14.8. The highest BCUT2D eigenvalue weighted by molar-refractivity contribution is 5.72. The fourth-order valence-electron chi connectivity index (χ4n) is 2.00. The Morgan fingerprint density at radius 2 is 1.50 bits per heavy atom. The average molecular weight is 211 g/mol.